The van der Waals surface area contributed by atoms with Crippen LogP contribution in [0.1, 0.15) is 46.0 Å². The quantitative estimate of drug-likeness (QED) is 0.920. The predicted molar refractivity (Wildman–Crippen MR) is 85.8 cm³/mol. The molecule has 2 aliphatic rings. The van der Waals surface area contributed by atoms with Crippen molar-refractivity contribution in [2.24, 2.45) is 5.92 Å². The predicted octanol–water partition coefficient (Wildman–Crippen LogP) is 3.52. The van der Waals surface area contributed by atoms with Crippen LogP contribution in [0.4, 0.5) is 5.69 Å². The van der Waals surface area contributed by atoms with Crippen LogP contribution < -0.4 is 14.2 Å². The van der Waals surface area contributed by atoms with Gasteiger partial charge in [0.05, 0.1) is 11.4 Å². The molecule has 0 aromatic heterocycles. The van der Waals surface area contributed by atoms with E-state index in [9.17, 15) is 8.42 Å². The van der Waals surface area contributed by atoms with Gasteiger partial charge < -0.3 is 9.47 Å². The molecule has 1 aromatic carbocycles. The number of fused-ring (bicyclic) bond motifs is 1. The molecule has 22 heavy (non-hydrogen) atoms. The lowest BCUT2D eigenvalue weighted by Crippen LogP contribution is -2.40. The van der Waals surface area contributed by atoms with Gasteiger partial charge in [-0.25, -0.2) is 8.42 Å². The van der Waals surface area contributed by atoms with Crippen molar-refractivity contribution in [3.8, 4) is 11.5 Å². The summed E-state index contributed by atoms with van der Waals surface area (Å²) in [6.45, 7) is 3.76. The van der Waals surface area contributed by atoms with Crippen molar-refractivity contribution in [1.82, 2.24) is 0 Å². The van der Waals surface area contributed by atoms with Gasteiger partial charge in [-0.2, -0.15) is 0 Å². The van der Waals surface area contributed by atoms with Crippen LogP contribution in [0, 0.1) is 5.92 Å². The molecule has 0 saturated heterocycles. The number of anilines is 1. The van der Waals surface area contributed by atoms with Gasteiger partial charge in [-0.1, -0.05) is 20.3 Å². The van der Waals surface area contributed by atoms with Crippen LogP contribution in [-0.4, -0.2) is 20.0 Å². The summed E-state index contributed by atoms with van der Waals surface area (Å²) in [6, 6.07) is 5.23. The van der Waals surface area contributed by atoms with E-state index in [1.165, 1.54) is 6.42 Å². The fourth-order valence-electron chi connectivity index (χ4n) is 3.11. The molecule has 1 aliphatic carbocycles. The third kappa shape index (κ3) is 3.32. The highest BCUT2D eigenvalue weighted by atomic mass is 32.2. The SMILES string of the molecule is CC(C)CS(=O)(=O)Nc1ccc2c(c1)OC1(CCCCC1)O2. The van der Waals surface area contributed by atoms with Crippen LogP contribution in [0.5, 0.6) is 11.5 Å². The zero-order valence-corrected chi connectivity index (χ0v) is 13.9. The number of nitrogens with one attached hydrogen (secondary N) is 1. The Balaban J connectivity index is 1.75. The van der Waals surface area contributed by atoms with Crippen LogP contribution >= 0.6 is 0 Å². The van der Waals surface area contributed by atoms with E-state index in [0.717, 1.165) is 25.7 Å². The number of ether oxygens (including phenoxy) is 2. The van der Waals surface area contributed by atoms with Gasteiger partial charge in [0.25, 0.3) is 5.79 Å². The number of hydrogen-bond acceptors (Lipinski definition) is 4. The molecular weight excluding hydrogens is 302 g/mol. The highest BCUT2D eigenvalue weighted by molar-refractivity contribution is 7.92. The average molecular weight is 325 g/mol. The molecule has 0 radical (unpaired) electrons. The molecule has 1 fully saturated rings. The minimum absolute atomic E-state index is 0.0806. The third-order valence-electron chi connectivity index (χ3n) is 3.98. The Kier molecular flexibility index (Phi) is 3.97. The Bertz CT molecular complexity index is 648. The van der Waals surface area contributed by atoms with E-state index in [4.69, 9.17) is 9.47 Å². The molecule has 3 rings (SSSR count). The van der Waals surface area contributed by atoms with Crippen LogP contribution in [0.25, 0.3) is 0 Å². The highest BCUT2D eigenvalue weighted by Crippen LogP contribution is 2.46. The fraction of sp³-hybridized carbons (Fsp3) is 0.625. The van der Waals surface area contributed by atoms with Crippen molar-refractivity contribution in [2.75, 3.05) is 10.5 Å². The van der Waals surface area contributed by atoms with E-state index in [-0.39, 0.29) is 11.7 Å². The molecule has 6 heteroatoms. The number of sulfonamides is 1. The van der Waals surface area contributed by atoms with Crippen LogP contribution in [0.3, 0.4) is 0 Å². The summed E-state index contributed by atoms with van der Waals surface area (Å²) in [4.78, 5) is 0. The summed E-state index contributed by atoms with van der Waals surface area (Å²) in [5.41, 5.74) is 0.524. The van der Waals surface area contributed by atoms with Gasteiger partial charge in [0.2, 0.25) is 10.0 Å². The molecule has 1 aromatic rings. The first-order valence-electron chi connectivity index (χ1n) is 7.90. The van der Waals surface area contributed by atoms with Gasteiger partial charge in [0.1, 0.15) is 0 Å². The zero-order valence-electron chi connectivity index (χ0n) is 13.1. The Morgan fingerprint density at radius 1 is 1.14 bits per heavy atom. The maximum absolute atomic E-state index is 12.0. The van der Waals surface area contributed by atoms with Gasteiger partial charge in [-0.15, -0.1) is 0 Å². The number of hydrogen-bond donors (Lipinski definition) is 1. The Labute approximate surface area is 132 Å². The van der Waals surface area contributed by atoms with Crippen LogP contribution in [0.15, 0.2) is 18.2 Å². The van der Waals surface area contributed by atoms with Gasteiger partial charge in [-0.05, 0) is 30.9 Å². The van der Waals surface area contributed by atoms with Gasteiger partial charge in [0, 0.05) is 18.9 Å². The maximum Gasteiger partial charge on any atom is 0.251 e. The van der Waals surface area contributed by atoms with E-state index >= 15 is 0 Å². The van der Waals surface area contributed by atoms with Crippen molar-refractivity contribution in [2.45, 2.75) is 51.7 Å². The molecule has 5 nitrogen and oxygen atoms in total. The average Bonchev–Trinajstić information content (AvgIpc) is 2.74. The normalized spacial score (nSPS) is 19.6. The second-order valence-corrected chi connectivity index (χ2v) is 8.38. The van der Waals surface area contributed by atoms with Crippen LogP contribution in [0.2, 0.25) is 0 Å². The van der Waals surface area contributed by atoms with Gasteiger partial charge in [0.15, 0.2) is 11.5 Å². The van der Waals surface area contributed by atoms with E-state index in [1.807, 2.05) is 13.8 Å². The standard InChI is InChI=1S/C16H23NO4S/c1-12(2)11-22(18,19)17-13-6-7-14-15(10-13)21-16(20-14)8-4-3-5-9-16/h6-7,10,12,17H,3-5,8-9,11H2,1-2H3. The zero-order chi connectivity index (χ0) is 15.8. The van der Waals surface area contributed by atoms with Crippen molar-refractivity contribution in [1.29, 1.82) is 0 Å². The molecular formula is C16H23NO4S. The van der Waals surface area contributed by atoms with E-state index in [2.05, 4.69) is 4.72 Å². The summed E-state index contributed by atoms with van der Waals surface area (Å²) in [5, 5.41) is 0. The summed E-state index contributed by atoms with van der Waals surface area (Å²) >= 11 is 0. The molecule has 1 heterocycles. The summed E-state index contributed by atoms with van der Waals surface area (Å²) in [6.07, 6.45) is 5.18. The Hall–Kier alpha value is -1.43. The molecule has 1 saturated carbocycles. The van der Waals surface area contributed by atoms with Gasteiger partial charge in [-0.3, -0.25) is 4.72 Å². The molecule has 0 bridgehead atoms. The smallest absolute Gasteiger partial charge is 0.251 e. The Morgan fingerprint density at radius 2 is 1.82 bits per heavy atom. The van der Waals surface area contributed by atoms with E-state index < -0.39 is 15.8 Å². The monoisotopic (exact) mass is 325 g/mol. The first kappa shape index (κ1) is 15.5. The van der Waals surface area contributed by atoms with Crippen molar-refractivity contribution >= 4 is 15.7 Å². The third-order valence-corrected chi connectivity index (χ3v) is 5.63. The molecule has 1 spiro atoms. The molecule has 1 N–H and O–H groups in total. The summed E-state index contributed by atoms with van der Waals surface area (Å²) in [5.74, 6) is 0.985. The maximum atomic E-state index is 12.0. The summed E-state index contributed by atoms with van der Waals surface area (Å²) in [7, 11) is -3.33. The molecule has 0 unspecified atom stereocenters. The van der Waals surface area contributed by atoms with Crippen molar-refractivity contribution in [3.05, 3.63) is 18.2 Å². The lowest BCUT2D eigenvalue weighted by molar-refractivity contribution is -0.105. The topological polar surface area (TPSA) is 64.6 Å². The lowest BCUT2D eigenvalue weighted by atomic mass is 9.94. The van der Waals surface area contributed by atoms with E-state index in [0.29, 0.717) is 17.2 Å². The van der Waals surface area contributed by atoms with Crippen molar-refractivity contribution < 1.29 is 17.9 Å². The first-order chi connectivity index (χ1) is 10.4. The van der Waals surface area contributed by atoms with Crippen molar-refractivity contribution in [3.63, 3.8) is 0 Å². The highest BCUT2D eigenvalue weighted by Gasteiger charge is 2.42. The van der Waals surface area contributed by atoms with E-state index in [1.54, 1.807) is 18.2 Å². The second-order valence-electron chi connectivity index (χ2n) is 6.61. The largest absolute Gasteiger partial charge is 0.448 e. The minimum Gasteiger partial charge on any atom is -0.448 e. The van der Waals surface area contributed by atoms with Crippen LogP contribution in [-0.2, 0) is 10.0 Å². The molecule has 0 atom stereocenters. The fourth-order valence-corrected chi connectivity index (χ4v) is 4.56. The number of benzene rings is 1. The second kappa shape index (κ2) is 5.65. The molecule has 122 valence electrons. The van der Waals surface area contributed by atoms with Gasteiger partial charge >= 0.3 is 0 Å². The minimum atomic E-state index is -3.33. The molecule has 1 aliphatic heterocycles. The first-order valence-corrected chi connectivity index (χ1v) is 9.55. The Morgan fingerprint density at radius 3 is 2.50 bits per heavy atom. The lowest BCUT2D eigenvalue weighted by Gasteiger charge is -2.31. The number of rotatable bonds is 4. The summed E-state index contributed by atoms with van der Waals surface area (Å²) < 4.78 is 38.7. The molecule has 0 amide bonds.